The van der Waals surface area contributed by atoms with Gasteiger partial charge in [-0.2, -0.15) is 0 Å². The molecule has 8 nitrogen and oxygen atoms in total. The van der Waals surface area contributed by atoms with Crippen LogP contribution in [0, 0.1) is 13.8 Å². The maximum Gasteiger partial charge on any atom is 0.236 e. The Morgan fingerprint density at radius 2 is 1.83 bits per heavy atom. The van der Waals surface area contributed by atoms with E-state index in [9.17, 15) is 4.79 Å². The Morgan fingerprint density at radius 3 is 2.43 bits per heavy atom. The first-order valence-corrected chi connectivity index (χ1v) is 11.4. The van der Waals surface area contributed by atoms with Crippen molar-refractivity contribution in [2.75, 3.05) is 72.1 Å². The number of nitrogens with zero attached hydrogens (tertiary/aromatic N) is 5. The Kier molecular flexibility index (Phi) is 10.8. The number of hydrogen-bond donors (Lipinski definition) is 1. The fourth-order valence-corrected chi connectivity index (χ4v) is 4.64. The Morgan fingerprint density at radius 1 is 1.13 bits per heavy atom. The zero-order chi connectivity index (χ0) is 20.6. The average Bonchev–Trinajstić information content (AvgIpc) is 3.05. The molecule has 3 heterocycles. The van der Waals surface area contributed by atoms with Crippen molar-refractivity contribution in [1.82, 2.24) is 25.0 Å². The second-order valence-corrected chi connectivity index (χ2v) is 8.77. The molecule has 1 aromatic rings. The Bertz CT molecular complexity index is 699. The minimum absolute atomic E-state index is 0. The molecule has 0 unspecified atom stereocenters. The molecule has 2 aliphatic heterocycles. The molecule has 0 radical (unpaired) electrons. The van der Waals surface area contributed by atoms with Crippen molar-refractivity contribution in [3.8, 4) is 0 Å². The number of thiazole rings is 1. The van der Waals surface area contributed by atoms with Gasteiger partial charge in [0, 0.05) is 63.7 Å². The lowest BCUT2D eigenvalue weighted by atomic mass is 10.3. The molecule has 3 rings (SSSR count). The minimum Gasteiger partial charge on any atom is -0.378 e. The van der Waals surface area contributed by atoms with E-state index >= 15 is 0 Å². The summed E-state index contributed by atoms with van der Waals surface area (Å²) in [6.45, 7) is 14.6. The van der Waals surface area contributed by atoms with Crippen LogP contribution in [0.25, 0.3) is 0 Å². The van der Waals surface area contributed by atoms with Crippen molar-refractivity contribution in [3.63, 3.8) is 0 Å². The van der Waals surface area contributed by atoms with E-state index in [4.69, 9.17) is 9.73 Å². The minimum atomic E-state index is 0. The second kappa shape index (κ2) is 12.8. The van der Waals surface area contributed by atoms with Gasteiger partial charge in [-0.3, -0.25) is 14.7 Å². The van der Waals surface area contributed by atoms with Crippen LogP contribution in [0.3, 0.4) is 0 Å². The lowest BCUT2D eigenvalue weighted by Crippen LogP contribution is -2.55. The number of halogens is 1. The van der Waals surface area contributed by atoms with Gasteiger partial charge in [0.15, 0.2) is 5.96 Å². The number of ether oxygens (including phenoxy) is 1. The van der Waals surface area contributed by atoms with Crippen LogP contribution in [0.5, 0.6) is 0 Å². The number of carbonyl (C=O) groups is 1. The highest BCUT2D eigenvalue weighted by Crippen LogP contribution is 2.17. The van der Waals surface area contributed by atoms with E-state index in [-0.39, 0.29) is 29.9 Å². The molecule has 2 fully saturated rings. The van der Waals surface area contributed by atoms with Crippen LogP contribution in [-0.2, 0) is 16.0 Å². The van der Waals surface area contributed by atoms with E-state index in [1.54, 1.807) is 11.3 Å². The summed E-state index contributed by atoms with van der Waals surface area (Å²) in [6, 6.07) is 0. The molecule has 0 spiro atoms. The summed E-state index contributed by atoms with van der Waals surface area (Å²) in [5.74, 6) is 1.20. The first kappa shape index (κ1) is 25.3. The topological polar surface area (TPSA) is 73.3 Å². The summed E-state index contributed by atoms with van der Waals surface area (Å²) in [5.41, 5.74) is 1.13. The van der Waals surface area contributed by atoms with E-state index < -0.39 is 0 Å². The molecule has 0 saturated carbocycles. The average molecular weight is 551 g/mol. The van der Waals surface area contributed by atoms with Gasteiger partial charge >= 0.3 is 0 Å². The Labute approximate surface area is 201 Å². The maximum atomic E-state index is 12.5. The number of carbonyl (C=O) groups excluding carboxylic acids is 1. The molecular formula is C20H35IN6O2S. The summed E-state index contributed by atoms with van der Waals surface area (Å²) in [7, 11) is 0. The molecule has 1 amide bonds. The van der Waals surface area contributed by atoms with Gasteiger partial charge in [-0.25, -0.2) is 4.98 Å². The molecular weight excluding hydrogens is 515 g/mol. The van der Waals surface area contributed by atoms with Crippen LogP contribution in [0.4, 0.5) is 0 Å². The van der Waals surface area contributed by atoms with Crippen LogP contribution < -0.4 is 5.32 Å². The van der Waals surface area contributed by atoms with E-state index in [2.05, 4.69) is 40.9 Å². The zero-order valence-corrected chi connectivity index (χ0v) is 21.5. The van der Waals surface area contributed by atoms with Crippen molar-refractivity contribution in [2.24, 2.45) is 4.99 Å². The lowest BCUT2D eigenvalue weighted by molar-refractivity contribution is -0.136. The number of piperazine rings is 1. The molecule has 0 bridgehead atoms. The third kappa shape index (κ3) is 7.31. The van der Waals surface area contributed by atoms with Crippen molar-refractivity contribution < 1.29 is 9.53 Å². The molecule has 2 saturated heterocycles. The summed E-state index contributed by atoms with van der Waals surface area (Å²) >= 11 is 1.77. The fourth-order valence-electron chi connectivity index (χ4n) is 3.72. The molecule has 1 N–H and O–H groups in total. The highest BCUT2D eigenvalue weighted by Gasteiger charge is 2.24. The summed E-state index contributed by atoms with van der Waals surface area (Å²) < 4.78 is 5.33. The predicted octanol–water partition coefficient (Wildman–Crippen LogP) is 1.36. The van der Waals surface area contributed by atoms with Crippen LogP contribution >= 0.6 is 35.3 Å². The van der Waals surface area contributed by atoms with E-state index in [1.807, 2.05) is 4.90 Å². The van der Waals surface area contributed by atoms with Gasteiger partial charge < -0.3 is 19.9 Å². The Balaban J connectivity index is 0.00000320. The van der Waals surface area contributed by atoms with E-state index in [0.717, 1.165) is 75.4 Å². The van der Waals surface area contributed by atoms with Crippen LogP contribution in [-0.4, -0.2) is 104 Å². The first-order chi connectivity index (χ1) is 14.1. The van der Waals surface area contributed by atoms with Gasteiger partial charge in [-0.15, -0.1) is 35.3 Å². The molecule has 170 valence electrons. The van der Waals surface area contributed by atoms with Gasteiger partial charge in [0.05, 0.1) is 30.5 Å². The zero-order valence-electron chi connectivity index (χ0n) is 18.4. The van der Waals surface area contributed by atoms with Gasteiger partial charge in [0.25, 0.3) is 0 Å². The number of amides is 1. The first-order valence-electron chi connectivity index (χ1n) is 10.6. The number of aliphatic imine (C=N–C) groups is 1. The lowest BCUT2D eigenvalue weighted by Gasteiger charge is -2.37. The highest BCUT2D eigenvalue weighted by molar-refractivity contribution is 14.0. The number of rotatable bonds is 6. The highest BCUT2D eigenvalue weighted by atomic mass is 127. The number of guanidine groups is 1. The molecule has 10 heteroatoms. The molecule has 1 aromatic heterocycles. The van der Waals surface area contributed by atoms with E-state index in [0.29, 0.717) is 19.8 Å². The van der Waals surface area contributed by atoms with Gasteiger partial charge in [0.1, 0.15) is 0 Å². The third-order valence-electron chi connectivity index (χ3n) is 5.33. The molecule has 0 atom stereocenters. The molecule has 0 aromatic carbocycles. The van der Waals surface area contributed by atoms with Gasteiger partial charge in [0.2, 0.25) is 5.91 Å². The van der Waals surface area contributed by atoms with Gasteiger partial charge in [-0.1, -0.05) is 0 Å². The SMILES string of the molecule is CCNC(=NCCc1sc(C)nc1C)N1CCN(CC(=O)N2CCOCC2)CC1.I. The van der Waals surface area contributed by atoms with Gasteiger partial charge in [-0.05, 0) is 20.8 Å². The third-order valence-corrected chi connectivity index (χ3v) is 6.46. The quantitative estimate of drug-likeness (QED) is 0.328. The number of hydrogen-bond acceptors (Lipinski definition) is 6. The van der Waals surface area contributed by atoms with Crippen molar-refractivity contribution >= 4 is 47.2 Å². The van der Waals surface area contributed by atoms with Crippen molar-refractivity contribution in [3.05, 3.63) is 15.6 Å². The number of aromatic nitrogens is 1. The van der Waals surface area contributed by atoms with Crippen molar-refractivity contribution in [2.45, 2.75) is 27.2 Å². The van der Waals surface area contributed by atoms with Crippen LogP contribution in [0.2, 0.25) is 0 Å². The number of nitrogens with one attached hydrogen (secondary N) is 1. The predicted molar refractivity (Wildman–Crippen MR) is 132 cm³/mol. The number of morpholine rings is 1. The smallest absolute Gasteiger partial charge is 0.236 e. The molecule has 2 aliphatic rings. The Hall–Kier alpha value is -0.980. The number of aryl methyl sites for hydroxylation is 2. The van der Waals surface area contributed by atoms with E-state index in [1.165, 1.54) is 4.88 Å². The van der Waals surface area contributed by atoms with Crippen molar-refractivity contribution in [1.29, 1.82) is 0 Å². The fraction of sp³-hybridized carbons (Fsp3) is 0.750. The summed E-state index contributed by atoms with van der Waals surface area (Å²) in [6.07, 6.45) is 0.931. The normalized spacial score (nSPS) is 18.3. The largest absolute Gasteiger partial charge is 0.378 e. The molecule has 30 heavy (non-hydrogen) atoms. The monoisotopic (exact) mass is 550 g/mol. The van der Waals surface area contributed by atoms with Crippen LogP contribution in [0.1, 0.15) is 22.5 Å². The summed E-state index contributed by atoms with van der Waals surface area (Å²) in [5, 5.41) is 4.54. The maximum absolute atomic E-state index is 12.5. The second-order valence-electron chi connectivity index (χ2n) is 7.48. The van der Waals surface area contributed by atoms with Crippen LogP contribution in [0.15, 0.2) is 4.99 Å². The summed E-state index contributed by atoms with van der Waals surface area (Å²) in [4.78, 5) is 29.6. The standard InChI is InChI=1S/C20H34N6O2S.HI/c1-4-21-20(22-6-5-18-16(2)23-17(3)29-18)26-9-7-24(8-10-26)15-19(27)25-11-13-28-14-12-25;/h4-15H2,1-3H3,(H,21,22);1H. The molecule has 0 aliphatic carbocycles.